The molecule has 158 valence electrons. The number of aromatic nitrogens is 1. The van der Waals surface area contributed by atoms with Gasteiger partial charge in [0, 0.05) is 53.8 Å². The fourth-order valence-electron chi connectivity index (χ4n) is 4.52. The Labute approximate surface area is 175 Å². The predicted octanol–water partition coefficient (Wildman–Crippen LogP) is 2.19. The molecular formula is C23H28N4O3. The number of nitrogens with one attached hydrogen (secondary N) is 1. The summed E-state index contributed by atoms with van der Waals surface area (Å²) in [6.07, 6.45) is 7.19. The lowest BCUT2D eigenvalue weighted by atomic mass is 9.96. The third-order valence-electron chi connectivity index (χ3n) is 6.08. The first-order chi connectivity index (χ1) is 14.4. The number of nitrogens with two attached hydrogens (primary N) is 1. The molecule has 0 spiro atoms. The van der Waals surface area contributed by atoms with E-state index >= 15 is 0 Å². The highest BCUT2D eigenvalue weighted by atomic mass is 16.5. The number of carbonyl (C=O) groups excluding carboxylic acids is 2. The molecule has 4 rings (SSSR count). The van der Waals surface area contributed by atoms with Crippen LogP contribution in [-0.2, 0) is 29.1 Å². The van der Waals surface area contributed by atoms with Gasteiger partial charge in [0.2, 0.25) is 5.91 Å². The van der Waals surface area contributed by atoms with Crippen molar-refractivity contribution in [3.8, 4) is 0 Å². The van der Waals surface area contributed by atoms with Gasteiger partial charge in [-0.15, -0.1) is 0 Å². The van der Waals surface area contributed by atoms with Crippen LogP contribution in [0.2, 0.25) is 0 Å². The lowest BCUT2D eigenvalue weighted by Gasteiger charge is -2.30. The van der Waals surface area contributed by atoms with Crippen molar-refractivity contribution in [1.82, 2.24) is 14.9 Å². The summed E-state index contributed by atoms with van der Waals surface area (Å²) >= 11 is 0. The first kappa shape index (κ1) is 20.4. The molecule has 30 heavy (non-hydrogen) atoms. The number of carbonyl (C=O) groups is 2. The van der Waals surface area contributed by atoms with Crippen LogP contribution in [0.25, 0.3) is 10.9 Å². The number of rotatable bonds is 4. The summed E-state index contributed by atoms with van der Waals surface area (Å²) in [5.41, 5.74) is 12.9. The van der Waals surface area contributed by atoms with Crippen molar-refractivity contribution in [1.29, 1.82) is 0 Å². The molecule has 1 aromatic carbocycles. The molecule has 0 saturated carbocycles. The molecule has 2 unspecified atom stereocenters. The summed E-state index contributed by atoms with van der Waals surface area (Å²) in [4.78, 5) is 25.9. The lowest BCUT2D eigenvalue weighted by molar-refractivity contribution is -0.133. The van der Waals surface area contributed by atoms with Crippen molar-refractivity contribution in [3.05, 3.63) is 58.8 Å². The van der Waals surface area contributed by atoms with Gasteiger partial charge in [-0.05, 0) is 38.3 Å². The maximum Gasteiger partial charge on any atom is 0.274 e. The minimum Gasteiger partial charge on any atom is -0.344 e. The number of nitrogens with zero attached hydrogens (tertiary/aromatic N) is 2. The van der Waals surface area contributed by atoms with Crippen molar-refractivity contribution in [3.63, 3.8) is 0 Å². The van der Waals surface area contributed by atoms with Gasteiger partial charge in [-0.2, -0.15) is 0 Å². The van der Waals surface area contributed by atoms with E-state index in [0.717, 1.165) is 19.4 Å². The number of aryl methyl sites for hydroxylation is 1. The molecule has 2 atom stereocenters. The Bertz CT molecular complexity index is 1060. The molecule has 2 aliphatic rings. The number of hydroxylamine groups is 1. The minimum absolute atomic E-state index is 0.00996. The summed E-state index contributed by atoms with van der Waals surface area (Å²) in [6.45, 7) is 5.88. The Hall–Kier alpha value is -2.90. The number of allylic oxidation sites excluding steroid dienone is 2. The van der Waals surface area contributed by atoms with Gasteiger partial charge in [-0.1, -0.05) is 29.9 Å². The van der Waals surface area contributed by atoms with Crippen molar-refractivity contribution in [2.45, 2.75) is 45.8 Å². The summed E-state index contributed by atoms with van der Waals surface area (Å²) in [7, 11) is 0. The second-order valence-corrected chi connectivity index (χ2v) is 8.31. The van der Waals surface area contributed by atoms with Crippen LogP contribution in [0.15, 0.2) is 42.0 Å². The van der Waals surface area contributed by atoms with Crippen molar-refractivity contribution < 1.29 is 14.8 Å². The molecule has 0 bridgehead atoms. The maximum atomic E-state index is 12.5. The Morgan fingerprint density at radius 3 is 2.83 bits per heavy atom. The first-order valence-electron chi connectivity index (χ1n) is 10.4. The molecule has 1 aromatic heterocycles. The highest BCUT2D eigenvalue weighted by molar-refractivity contribution is 5.95. The summed E-state index contributed by atoms with van der Waals surface area (Å²) in [5.74, 6) is -0.239. The Kier molecular flexibility index (Phi) is 5.49. The smallest absolute Gasteiger partial charge is 0.274 e. The van der Waals surface area contributed by atoms with Crippen LogP contribution in [-0.4, -0.2) is 39.1 Å². The van der Waals surface area contributed by atoms with E-state index in [2.05, 4.69) is 29.7 Å². The average molecular weight is 409 g/mol. The van der Waals surface area contributed by atoms with Crippen molar-refractivity contribution in [2.24, 2.45) is 11.7 Å². The van der Waals surface area contributed by atoms with Crippen LogP contribution in [0.3, 0.4) is 0 Å². The van der Waals surface area contributed by atoms with Crippen LogP contribution in [0.4, 0.5) is 0 Å². The van der Waals surface area contributed by atoms with E-state index in [0.29, 0.717) is 18.7 Å². The normalized spacial score (nSPS) is 19.4. The summed E-state index contributed by atoms with van der Waals surface area (Å²) < 4.78 is 2.37. The average Bonchev–Trinajstić information content (AvgIpc) is 3.05. The zero-order valence-electron chi connectivity index (χ0n) is 17.4. The molecule has 4 N–H and O–H groups in total. The van der Waals surface area contributed by atoms with E-state index in [1.807, 2.05) is 17.1 Å². The second kappa shape index (κ2) is 8.08. The molecule has 0 radical (unpaired) electrons. The van der Waals surface area contributed by atoms with Crippen LogP contribution in [0, 0.1) is 12.8 Å². The predicted molar refractivity (Wildman–Crippen MR) is 115 cm³/mol. The quantitative estimate of drug-likeness (QED) is 0.533. The van der Waals surface area contributed by atoms with Crippen molar-refractivity contribution >= 4 is 22.7 Å². The molecule has 0 saturated heterocycles. The third kappa shape index (κ3) is 3.66. The first-order valence-corrected chi connectivity index (χ1v) is 10.4. The largest absolute Gasteiger partial charge is 0.344 e. The van der Waals surface area contributed by atoms with Gasteiger partial charge in [0.15, 0.2) is 0 Å². The SMILES string of the molecule is Cc1ccc2c(c1)c1c(n2CC2C=CC(C(=O)NO)=CC2)CCN(C(=O)C(C)N)C1. The fourth-order valence-corrected chi connectivity index (χ4v) is 4.52. The number of fused-ring (bicyclic) bond motifs is 3. The monoisotopic (exact) mass is 408 g/mol. The number of hydrogen-bond donors (Lipinski definition) is 3. The number of amides is 2. The minimum atomic E-state index is -0.494. The van der Waals surface area contributed by atoms with Gasteiger partial charge >= 0.3 is 0 Å². The molecular weight excluding hydrogens is 380 g/mol. The van der Waals surface area contributed by atoms with Gasteiger partial charge in [-0.3, -0.25) is 14.8 Å². The lowest BCUT2D eigenvalue weighted by Crippen LogP contribution is -2.44. The second-order valence-electron chi connectivity index (χ2n) is 8.31. The van der Waals surface area contributed by atoms with E-state index in [9.17, 15) is 9.59 Å². The Morgan fingerprint density at radius 1 is 1.37 bits per heavy atom. The third-order valence-corrected chi connectivity index (χ3v) is 6.08. The maximum absolute atomic E-state index is 12.5. The van der Waals surface area contributed by atoms with Crippen molar-refractivity contribution in [2.75, 3.05) is 6.54 Å². The van der Waals surface area contributed by atoms with Gasteiger partial charge < -0.3 is 15.2 Å². The van der Waals surface area contributed by atoms with Crippen LogP contribution < -0.4 is 11.2 Å². The van der Waals surface area contributed by atoms with E-state index in [-0.39, 0.29) is 11.8 Å². The van der Waals surface area contributed by atoms with Gasteiger partial charge in [-0.25, -0.2) is 5.48 Å². The van der Waals surface area contributed by atoms with Crippen LogP contribution in [0.1, 0.15) is 30.2 Å². The van der Waals surface area contributed by atoms with Gasteiger partial charge in [0.25, 0.3) is 5.91 Å². The molecule has 2 amide bonds. The standard InChI is InChI=1S/C23H28N4O3/c1-14-3-8-20-18(11-14)19-13-26(23(29)15(2)24)10-9-21(19)27(20)12-16-4-6-17(7-5-16)22(28)25-30/h3-4,6-8,11,15-16,30H,5,9-10,12-13,24H2,1-2H3,(H,25,28). The highest BCUT2D eigenvalue weighted by Gasteiger charge is 2.28. The zero-order chi connectivity index (χ0) is 21.4. The number of hydrogen-bond acceptors (Lipinski definition) is 4. The van der Waals surface area contributed by atoms with E-state index in [1.54, 1.807) is 18.5 Å². The zero-order valence-corrected chi connectivity index (χ0v) is 17.4. The Balaban J connectivity index is 1.66. The summed E-state index contributed by atoms with van der Waals surface area (Å²) in [6, 6.07) is 5.99. The van der Waals surface area contributed by atoms with E-state index in [1.165, 1.54) is 27.7 Å². The molecule has 2 aromatic rings. The molecule has 2 heterocycles. The van der Waals surface area contributed by atoms with E-state index < -0.39 is 11.9 Å². The Morgan fingerprint density at radius 2 is 2.17 bits per heavy atom. The highest BCUT2D eigenvalue weighted by Crippen LogP contribution is 2.33. The molecule has 7 heteroatoms. The van der Waals surface area contributed by atoms with Gasteiger partial charge in [0.05, 0.1) is 6.04 Å². The van der Waals surface area contributed by atoms with Gasteiger partial charge in [0.1, 0.15) is 0 Å². The summed E-state index contributed by atoms with van der Waals surface area (Å²) in [5, 5.41) is 10.0. The topological polar surface area (TPSA) is 101 Å². The number of benzene rings is 1. The van der Waals surface area contributed by atoms with Crippen LogP contribution >= 0.6 is 0 Å². The van der Waals surface area contributed by atoms with Crippen LogP contribution in [0.5, 0.6) is 0 Å². The van der Waals surface area contributed by atoms with E-state index in [4.69, 9.17) is 10.9 Å². The molecule has 0 fully saturated rings. The molecule has 1 aliphatic carbocycles. The fraction of sp³-hybridized carbons (Fsp3) is 0.391. The molecule has 1 aliphatic heterocycles. The molecule has 7 nitrogen and oxygen atoms in total.